The van der Waals surface area contributed by atoms with Gasteiger partial charge in [-0.2, -0.15) is 0 Å². The van der Waals surface area contributed by atoms with Crippen molar-refractivity contribution >= 4 is 23.7 Å². The van der Waals surface area contributed by atoms with Gasteiger partial charge in [-0.3, -0.25) is 9.69 Å². The summed E-state index contributed by atoms with van der Waals surface area (Å²) in [4.78, 5) is 25.8. The zero-order valence-electron chi connectivity index (χ0n) is 19.0. The van der Waals surface area contributed by atoms with E-state index in [4.69, 9.17) is 21.1 Å². The second-order valence-electron chi connectivity index (χ2n) is 9.39. The summed E-state index contributed by atoms with van der Waals surface area (Å²) in [5.41, 5.74) is -0.122. The summed E-state index contributed by atoms with van der Waals surface area (Å²) >= 11 is 5.96. The lowest BCUT2D eigenvalue weighted by molar-refractivity contribution is -0.147. The van der Waals surface area contributed by atoms with Crippen molar-refractivity contribution in [1.82, 2.24) is 10.2 Å². The summed E-state index contributed by atoms with van der Waals surface area (Å²) in [6.07, 6.45) is -0.0552. The van der Waals surface area contributed by atoms with Gasteiger partial charge in [0.2, 0.25) is 0 Å². The molecule has 0 heterocycles. The van der Waals surface area contributed by atoms with Gasteiger partial charge in [-0.05, 0) is 72.7 Å². The van der Waals surface area contributed by atoms with Crippen molar-refractivity contribution in [3.63, 3.8) is 0 Å². The van der Waals surface area contributed by atoms with Crippen LogP contribution in [0.25, 0.3) is 0 Å². The maximum atomic E-state index is 12.3. The topological polar surface area (TPSA) is 88.1 Å². The Bertz CT molecular complexity index is 695. The predicted molar refractivity (Wildman–Crippen MR) is 118 cm³/mol. The van der Waals surface area contributed by atoms with E-state index < -0.39 is 29.3 Å². The monoisotopic (exact) mass is 442 g/mol. The fourth-order valence-corrected chi connectivity index (χ4v) is 2.86. The average Bonchev–Trinajstić information content (AvgIpc) is 2.53. The molecule has 1 rings (SSSR count). The zero-order valence-corrected chi connectivity index (χ0v) is 19.7. The Morgan fingerprint density at radius 2 is 1.67 bits per heavy atom. The number of carbonyl (C=O) groups is 2. The molecule has 0 aromatic heterocycles. The minimum atomic E-state index is -0.982. The Balaban J connectivity index is 2.93. The molecule has 0 bridgehead atoms. The molecular formula is C22H35ClN2O5. The third-order valence-electron chi connectivity index (χ3n) is 4.12. The van der Waals surface area contributed by atoms with E-state index in [0.29, 0.717) is 18.0 Å². The maximum Gasteiger partial charge on any atom is 0.407 e. The van der Waals surface area contributed by atoms with Gasteiger partial charge >= 0.3 is 12.1 Å². The quantitative estimate of drug-likeness (QED) is 0.601. The minimum Gasteiger partial charge on any atom is -0.480 e. The number of rotatable bonds is 9. The number of carbonyl (C=O) groups excluding carboxylic acids is 1. The molecule has 0 saturated carbocycles. The van der Waals surface area contributed by atoms with Crippen LogP contribution in [0.4, 0.5) is 4.79 Å². The SMILES string of the molecule is CN(CC(Cc1ccc(Cl)cc1)NC(=O)OC(C)(C)C)C(COC(C)(C)C)C(=O)O. The summed E-state index contributed by atoms with van der Waals surface area (Å²) in [7, 11) is 1.70. The van der Waals surface area contributed by atoms with E-state index in [-0.39, 0.29) is 12.6 Å². The molecule has 0 radical (unpaired) electrons. The highest BCUT2D eigenvalue weighted by Crippen LogP contribution is 2.14. The van der Waals surface area contributed by atoms with E-state index in [0.717, 1.165) is 5.56 Å². The van der Waals surface area contributed by atoms with Crippen LogP contribution in [0.15, 0.2) is 24.3 Å². The van der Waals surface area contributed by atoms with Crippen molar-refractivity contribution in [2.24, 2.45) is 0 Å². The second kappa shape index (κ2) is 11.0. The standard InChI is InChI=1S/C22H35ClN2O5/c1-21(2,3)29-14-18(19(26)27)25(7)13-17(24-20(28)30-22(4,5)6)12-15-8-10-16(23)11-9-15/h8-11,17-18H,12-14H2,1-7H3,(H,24,28)(H,26,27). The molecule has 30 heavy (non-hydrogen) atoms. The van der Waals surface area contributed by atoms with Gasteiger partial charge in [0, 0.05) is 17.6 Å². The lowest BCUT2D eigenvalue weighted by atomic mass is 10.0. The number of hydrogen-bond donors (Lipinski definition) is 2. The smallest absolute Gasteiger partial charge is 0.407 e. The van der Waals surface area contributed by atoms with Crippen molar-refractivity contribution in [3.8, 4) is 0 Å². The number of halogens is 1. The van der Waals surface area contributed by atoms with Crippen LogP contribution in [-0.2, 0) is 20.7 Å². The van der Waals surface area contributed by atoms with Gasteiger partial charge in [0.1, 0.15) is 11.6 Å². The Morgan fingerprint density at radius 3 is 2.13 bits per heavy atom. The van der Waals surface area contributed by atoms with Crippen molar-refractivity contribution in [1.29, 1.82) is 0 Å². The third-order valence-corrected chi connectivity index (χ3v) is 4.37. The van der Waals surface area contributed by atoms with Crippen molar-refractivity contribution in [2.75, 3.05) is 20.2 Å². The van der Waals surface area contributed by atoms with Crippen LogP contribution >= 0.6 is 11.6 Å². The zero-order chi connectivity index (χ0) is 23.1. The number of hydrogen-bond acceptors (Lipinski definition) is 5. The van der Waals surface area contributed by atoms with Crippen LogP contribution in [-0.4, -0.2) is 65.6 Å². The van der Waals surface area contributed by atoms with E-state index in [1.165, 1.54) is 0 Å². The Labute approximate surface area is 184 Å². The average molecular weight is 443 g/mol. The molecule has 2 unspecified atom stereocenters. The number of likely N-dealkylation sites (N-methyl/N-ethyl adjacent to an activating group) is 1. The highest BCUT2D eigenvalue weighted by Gasteiger charge is 2.28. The Kier molecular flexibility index (Phi) is 9.59. The summed E-state index contributed by atoms with van der Waals surface area (Å²) in [5, 5.41) is 13.1. The predicted octanol–water partition coefficient (Wildman–Crippen LogP) is 3.98. The molecule has 8 heteroatoms. The van der Waals surface area contributed by atoms with Crippen LogP contribution in [0, 0.1) is 0 Å². The van der Waals surface area contributed by atoms with Crippen LogP contribution in [0.5, 0.6) is 0 Å². The molecule has 0 spiro atoms. The third kappa shape index (κ3) is 10.8. The van der Waals surface area contributed by atoms with E-state index in [1.54, 1.807) is 44.9 Å². The van der Waals surface area contributed by atoms with E-state index >= 15 is 0 Å². The second-order valence-corrected chi connectivity index (χ2v) is 9.83. The van der Waals surface area contributed by atoms with Gasteiger partial charge in [-0.1, -0.05) is 23.7 Å². The number of amides is 1. The maximum absolute atomic E-state index is 12.3. The summed E-state index contributed by atoms with van der Waals surface area (Å²) in [6.45, 7) is 11.3. The van der Waals surface area contributed by atoms with Crippen LogP contribution in [0.1, 0.15) is 47.1 Å². The molecule has 0 aliphatic rings. The molecule has 0 aliphatic heterocycles. The Hall–Kier alpha value is -1.83. The Morgan fingerprint density at radius 1 is 1.10 bits per heavy atom. The fourth-order valence-electron chi connectivity index (χ4n) is 2.73. The molecule has 2 N–H and O–H groups in total. The first-order chi connectivity index (χ1) is 13.7. The highest BCUT2D eigenvalue weighted by atomic mass is 35.5. The number of benzene rings is 1. The van der Waals surface area contributed by atoms with Crippen molar-refractivity contribution < 1.29 is 24.2 Å². The molecule has 0 fully saturated rings. The fraction of sp³-hybridized carbons (Fsp3) is 0.636. The number of carboxylic acids is 1. The van der Waals surface area contributed by atoms with Crippen LogP contribution in [0.2, 0.25) is 5.02 Å². The molecule has 1 aromatic rings. The number of ether oxygens (including phenoxy) is 2. The first kappa shape index (κ1) is 26.2. The van der Waals surface area contributed by atoms with Gasteiger partial charge in [0.05, 0.1) is 12.2 Å². The van der Waals surface area contributed by atoms with Crippen LogP contribution < -0.4 is 5.32 Å². The van der Waals surface area contributed by atoms with Gasteiger partial charge < -0.3 is 19.9 Å². The van der Waals surface area contributed by atoms with Crippen molar-refractivity contribution in [3.05, 3.63) is 34.9 Å². The van der Waals surface area contributed by atoms with Crippen LogP contribution in [0.3, 0.4) is 0 Å². The molecule has 7 nitrogen and oxygen atoms in total. The largest absolute Gasteiger partial charge is 0.480 e. The first-order valence-corrected chi connectivity index (χ1v) is 10.3. The number of nitrogens with one attached hydrogen (secondary N) is 1. The minimum absolute atomic E-state index is 0.0371. The molecule has 170 valence electrons. The van der Waals surface area contributed by atoms with Gasteiger partial charge in [0.25, 0.3) is 0 Å². The number of nitrogens with zero attached hydrogens (tertiary/aromatic N) is 1. The lowest BCUT2D eigenvalue weighted by Crippen LogP contribution is -2.51. The molecular weight excluding hydrogens is 408 g/mol. The van der Waals surface area contributed by atoms with E-state index in [1.807, 2.05) is 32.9 Å². The number of alkyl carbamates (subject to hydrolysis) is 1. The highest BCUT2D eigenvalue weighted by molar-refractivity contribution is 6.30. The molecule has 0 saturated heterocycles. The van der Waals surface area contributed by atoms with Gasteiger partial charge in [-0.25, -0.2) is 4.79 Å². The lowest BCUT2D eigenvalue weighted by Gasteiger charge is -2.31. The first-order valence-electron chi connectivity index (χ1n) is 9.97. The molecule has 1 aromatic carbocycles. The normalized spacial score (nSPS) is 14.3. The van der Waals surface area contributed by atoms with Gasteiger partial charge in [0.15, 0.2) is 0 Å². The summed E-state index contributed by atoms with van der Waals surface area (Å²) in [5.74, 6) is -0.982. The van der Waals surface area contributed by atoms with Crippen molar-refractivity contribution in [2.45, 2.75) is 71.2 Å². The molecule has 1 amide bonds. The van der Waals surface area contributed by atoms with E-state index in [2.05, 4.69) is 5.32 Å². The molecule has 0 aliphatic carbocycles. The molecule has 2 atom stereocenters. The van der Waals surface area contributed by atoms with E-state index in [9.17, 15) is 14.7 Å². The summed E-state index contributed by atoms with van der Waals surface area (Å²) in [6, 6.07) is 6.09. The summed E-state index contributed by atoms with van der Waals surface area (Å²) < 4.78 is 11.1. The number of carboxylic acid groups (broad SMARTS) is 1. The van der Waals surface area contributed by atoms with Gasteiger partial charge in [-0.15, -0.1) is 0 Å². The number of aliphatic carboxylic acids is 1.